The standard InChI is InChI=1S/C24H26N2O3/c1-3-6-17(24(28)29)21-20(15-11-9-14(2)10-12-15)18-13-16-7-4-5-8-19(16)25-22(18)26-23(21)27/h9-13,17H,3-8H2,1-2H3,(H,28,29)(H,25,26,27). The number of carboxylic acid groups (broad SMARTS) is 1. The minimum absolute atomic E-state index is 0.225. The van der Waals surface area contributed by atoms with Crippen LogP contribution in [0.1, 0.15) is 60.9 Å². The molecule has 0 saturated heterocycles. The SMILES string of the molecule is CCCC(C(=O)O)c1c(O)nc2nc3c(cc2c1-c1ccc(C)cc1)CCCC3. The molecule has 2 heterocycles. The summed E-state index contributed by atoms with van der Waals surface area (Å²) in [4.78, 5) is 21.2. The highest BCUT2D eigenvalue weighted by atomic mass is 16.4. The third kappa shape index (κ3) is 3.57. The van der Waals surface area contributed by atoms with Crippen LogP contribution in [0.15, 0.2) is 30.3 Å². The van der Waals surface area contributed by atoms with E-state index in [0.717, 1.165) is 53.5 Å². The molecule has 1 unspecified atom stereocenters. The van der Waals surface area contributed by atoms with E-state index in [9.17, 15) is 15.0 Å². The van der Waals surface area contributed by atoms with E-state index in [1.54, 1.807) is 0 Å². The third-order valence-corrected chi connectivity index (χ3v) is 5.84. The summed E-state index contributed by atoms with van der Waals surface area (Å²) in [6.45, 7) is 3.97. The number of nitrogens with zero attached hydrogens (tertiary/aromatic N) is 2. The van der Waals surface area contributed by atoms with Crippen LogP contribution in [-0.2, 0) is 17.6 Å². The van der Waals surface area contributed by atoms with Crippen molar-refractivity contribution in [1.29, 1.82) is 0 Å². The lowest BCUT2D eigenvalue weighted by molar-refractivity contribution is -0.139. The van der Waals surface area contributed by atoms with Crippen LogP contribution in [0, 0.1) is 6.92 Å². The normalized spacial score (nSPS) is 14.6. The molecule has 0 aliphatic heterocycles. The van der Waals surface area contributed by atoms with Crippen molar-refractivity contribution in [3.63, 3.8) is 0 Å². The van der Waals surface area contributed by atoms with Crippen LogP contribution in [0.5, 0.6) is 5.88 Å². The number of aromatic nitrogens is 2. The van der Waals surface area contributed by atoms with Gasteiger partial charge >= 0.3 is 5.97 Å². The lowest BCUT2D eigenvalue weighted by Gasteiger charge is -2.21. The zero-order chi connectivity index (χ0) is 20.5. The fourth-order valence-corrected chi connectivity index (χ4v) is 4.35. The van der Waals surface area contributed by atoms with Gasteiger partial charge < -0.3 is 10.2 Å². The first-order chi connectivity index (χ1) is 14.0. The lowest BCUT2D eigenvalue weighted by Crippen LogP contribution is -2.14. The number of aromatic hydroxyl groups is 1. The van der Waals surface area contributed by atoms with Crippen LogP contribution < -0.4 is 0 Å². The minimum Gasteiger partial charge on any atom is -0.493 e. The zero-order valence-corrected chi connectivity index (χ0v) is 16.9. The molecule has 1 aliphatic rings. The molecule has 0 saturated carbocycles. The van der Waals surface area contributed by atoms with Crippen LogP contribution in [-0.4, -0.2) is 26.2 Å². The second-order valence-electron chi connectivity index (χ2n) is 7.94. The van der Waals surface area contributed by atoms with Gasteiger partial charge in [0.15, 0.2) is 5.65 Å². The Morgan fingerprint density at radius 2 is 1.86 bits per heavy atom. The van der Waals surface area contributed by atoms with Gasteiger partial charge in [-0.3, -0.25) is 4.79 Å². The van der Waals surface area contributed by atoms with Crippen LogP contribution >= 0.6 is 0 Å². The lowest BCUT2D eigenvalue weighted by atomic mass is 9.85. The molecule has 5 heteroatoms. The number of aryl methyl sites for hydroxylation is 3. The number of benzene rings is 1. The van der Waals surface area contributed by atoms with Gasteiger partial charge in [-0.05, 0) is 56.2 Å². The Bertz CT molecular complexity index is 1070. The number of hydrogen-bond donors (Lipinski definition) is 2. The highest BCUT2D eigenvalue weighted by Crippen LogP contribution is 2.42. The maximum absolute atomic E-state index is 12.1. The van der Waals surface area contributed by atoms with E-state index in [-0.39, 0.29) is 5.88 Å². The minimum atomic E-state index is -0.942. The van der Waals surface area contributed by atoms with Crippen molar-refractivity contribution in [1.82, 2.24) is 9.97 Å². The van der Waals surface area contributed by atoms with Crippen molar-refractivity contribution < 1.29 is 15.0 Å². The van der Waals surface area contributed by atoms with Gasteiger partial charge in [0.1, 0.15) is 0 Å². The van der Waals surface area contributed by atoms with E-state index in [1.165, 1.54) is 5.56 Å². The topological polar surface area (TPSA) is 83.3 Å². The smallest absolute Gasteiger partial charge is 0.311 e. The number of rotatable bonds is 5. The number of fused-ring (bicyclic) bond motifs is 2. The Hall–Kier alpha value is -2.95. The second kappa shape index (κ2) is 7.82. The Morgan fingerprint density at radius 3 is 2.55 bits per heavy atom. The summed E-state index contributed by atoms with van der Waals surface area (Å²) in [7, 11) is 0. The van der Waals surface area contributed by atoms with Crippen molar-refractivity contribution in [3.05, 3.63) is 52.7 Å². The number of carbonyl (C=O) groups is 1. The van der Waals surface area contributed by atoms with Gasteiger partial charge in [-0.15, -0.1) is 0 Å². The maximum Gasteiger partial charge on any atom is 0.311 e. The van der Waals surface area contributed by atoms with E-state index in [1.807, 2.05) is 38.1 Å². The number of hydrogen-bond acceptors (Lipinski definition) is 4. The van der Waals surface area contributed by atoms with Gasteiger partial charge in [0.2, 0.25) is 5.88 Å². The van der Waals surface area contributed by atoms with Crippen molar-refractivity contribution in [2.45, 2.75) is 58.3 Å². The molecule has 29 heavy (non-hydrogen) atoms. The molecule has 150 valence electrons. The van der Waals surface area contributed by atoms with Gasteiger partial charge in [0, 0.05) is 22.2 Å². The van der Waals surface area contributed by atoms with Crippen molar-refractivity contribution in [2.24, 2.45) is 0 Å². The Labute approximate surface area is 170 Å². The first-order valence-electron chi connectivity index (χ1n) is 10.3. The number of carboxylic acids is 1. The molecule has 2 N–H and O–H groups in total. The molecule has 1 aliphatic carbocycles. The van der Waals surface area contributed by atoms with Crippen LogP contribution in [0.4, 0.5) is 0 Å². The molecular weight excluding hydrogens is 364 g/mol. The molecule has 2 aromatic heterocycles. The maximum atomic E-state index is 12.1. The van der Waals surface area contributed by atoms with E-state index >= 15 is 0 Å². The second-order valence-corrected chi connectivity index (χ2v) is 7.94. The van der Waals surface area contributed by atoms with E-state index in [2.05, 4.69) is 11.1 Å². The van der Waals surface area contributed by atoms with Crippen LogP contribution in [0.25, 0.3) is 22.2 Å². The Morgan fingerprint density at radius 1 is 1.14 bits per heavy atom. The molecule has 0 fully saturated rings. The average Bonchev–Trinajstić information content (AvgIpc) is 2.71. The van der Waals surface area contributed by atoms with Gasteiger partial charge in [-0.2, -0.15) is 4.98 Å². The molecular formula is C24H26N2O3. The highest BCUT2D eigenvalue weighted by Gasteiger charge is 2.29. The molecule has 0 spiro atoms. The fraction of sp³-hybridized carbons (Fsp3) is 0.375. The van der Waals surface area contributed by atoms with Crippen molar-refractivity contribution in [2.75, 3.05) is 0 Å². The molecule has 0 radical (unpaired) electrons. The quantitative estimate of drug-likeness (QED) is 0.629. The Balaban J connectivity index is 2.07. The predicted octanol–water partition coefficient (Wildman–Crippen LogP) is 5.16. The summed E-state index contributed by atoms with van der Waals surface area (Å²) in [6.07, 6.45) is 5.27. The van der Waals surface area contributed by atoms with E-state index < -0.39 is 11.9 Å². The Kier molecular flexibility index (Phi) is 5.22. The van der Waals surface area contributed by atoms with E-state index in [4.69, 9.17) is 4.98 Å². The summed E-state index contributed by atoms with van der Waals surface area (Å²) in [5, 5.41) is 21.6. The summed E-state index contributed by atoms with van der Waals surface area (Å²) in [5.41, 5.74) is 5.88. The van der Waals surface area contributed by atoms with Crippen molar-refractivity contribution >= 4 is 17.0 Å². The molecule has 4 rings (SSSR count). The molecule has 0 bridgehead atoms. The fourth-order valence-electron chi connectivity index (χ4n) is 4.35. The summed E-state index contributed by atoms with van der Waals surface area (Å²) < 4.78 is 0. The van der Waals surface area contributed by atoms with Crippen molar-refractivity contribution in [3.8, 4) is 17.0 Å². The third-order valence-electron chi connectivity index (χ3n) is 5.84. The molecule has 3 aromatic rings. The predicted molar refractivity (Wildman–Crippen MR) is 113 cm³/mol. The summed E-state index contributed by atoms with van der Waals surface area (Å²) >= 11 is 0. The highest BCUT2D eigenvalue weighted by molar-refractivity contribution is 5.98. The van der Waals surface area contributed by atoms with Crippen LogP contribution in [0.3, 0.4) is 0 Å². The monoisotopic (exact) mass is 390 g/mol. The number of pyridine rings is 2. The zero-order valence-electron chi connectivity index (χ0n) is 16.9. The molecule has 0 amide bonds. The van der Waals surface area contributed by atoms with Gasteiger partial charge in [-0.25, -0.2) is 4.98 Å². The molecule has 5 nitrogen and oxygen atoms in total. The van der Waals surface area contributed by atoms with Crippen LogP contribution in [0.2, 0.25) is 0 Å². The summed E-state index contributed by atoms with van der Waals surface area (Å²) in [6, 6.07) is 10.1. The van der Waals surface area contributed by atoms with Gasteiger partial charge in [0.05, 0.1) is 5.92 Å². The molecule has 1 aromatic carbocycles. The summed E-state index contributed by atoms with van der Waals surface area (Å²) in [5.74, 6) is -1.98. The van der Waals surface area contributed by atoms with E-state index in [0.29, 0.717) is 24.1 Å². The van der Waals surface area contributed by atoms with Gasteiger partial charge in [-0.1, -0.05) is 43.2 Å². The average molecular weight is 390 g/mol. The first kappa shape index (κ1) is 19.4. The number of aliphatic carboxylic acids is 1. The van der Waals surface area contributed by atoms with Gasteiger partial charge in [0.25, 0.3) is 0 Å². The molecule has 1 atom stereocenters. The largest absolute Gasteiger partial charge is 0.493 e. The first-order valence-corrected chi connectivity index (χ1v) is 10.3.